The molecule has 1 aromatic rings. The molecule has 0 saturated carbocycles. The molecule has 1 aromatic carbocycles. The number of aromatic carboxylic acids is 2. The van der Waals surface area contributed by atoms with Crippen LogP contribution in [0.3, 0.4) is 0 Å². The second-order valence-corrected chi connectivity index (χ2v) is 6.45. The van der Waals surface area contributed by atoms with Crippen molar-refractivity contribution in [3.63, 3.8) is 0 Å². The monoisotopic (exact) mass is 286 g/mol. The van der Waals surface area contributed by atoms with Gasteiger partial charge < -0.3 is 23.5 Å². The molecule has 0 unspecified atom stereocenters. The van der Waals surface area contributed by atoms with E-state index in [4.69, 9.17) is 23.5 Å². The number of carboxylic acids is 2. The summed E-state index contributed by atoms with van der Waals surface area (Å²) in [4.78, 5) is 22.1. The van der Waals surface area contributed by atoms with E-state index in [1.54, 1.807) is 0 Å². The Bertz CT molecular complexity index is 488. The van der Waals surface area contributed by atoms with Crippen molar-refractivity contribution in [3.8, 4) is 0 Å². The average Bonchev–Trinajstić information content (AvgIpc) is 2.41. The van der Waals surface area contributed by atoms with Crippen LogP contribution in [0, 0.1) is 0 Å². The molecule has 19 heavy (non-hydrogen) atoms. The maximum absolute atomic E-state index is 11.1. The van der Waals surface area contributed by atoms with Crippen molar-refractivity contribution in [2.45, 2.75) is 0 Å². The van der Waals surface area contributed by atoms with Crippen molar-refractivity contribution in [3.05, 3.63) is 29.3 Å². The molecule has 0 aliphatic heterocycles. The maximum Gasteiger partial charge on any atom is 0.536 e. The van der Waals surface area contributed by atoms with Crippen LogP contribution in [0.2, 0.25) is 0 Å². The summed E-state index contributed by atoms with van der Waals surface area (Å²) in [6, 6.07) is 3.83. The highest BCUT2D eigenvalue weighted by Gasteiger charge is 2.41. The lowest BCUT2D eigenvalue weighted by Crippen LogP contribution is -2.54. The van der Waals surface area contributed by atoms with E-state index in [9.17, 15) is 9.59 Å². The molecule has 1 rings (SSSR count). The largest absolute Gasteiger partial charge is 0.536 e. The molecule has 0 aliphatic rings. The number of rotatable bonds is 6. The molecule has 0 fully saturated rings. The van der Waals surface area contributed by atoms with E-state index in [0.717, 1.165) is 0 Å². The van der Waals surface area contributed by atoms with Gasteiger partial charge in [0.1, 0.15) is 0 Å². The molecule has 0 aromatic heterocycles. The van der Waals surface area contributed by atoms with Crippen LogP contribution in [0.5, 0.6) is 0 Å². The van der Waals surface area contributed by atoms with E-state index in [1.165, 1.54) is 39.5 Å². The summed E-state index contributed by atoms with van der Waals surface area (Å²) < 4.78 is 15.6. The summed E-state index contributed by atoms with van der Waals surface area (Å²) in [5.74, 6) is -2.66. The number of hydrogen-bond acceptors (Lipinski definition) is 5. The fourth-order valence-corrected chi connectivity index (χ4v) is 3.52. The first-order chi connectivity index (χ1) is 8.91. The van der Waals surface area contributed by atoms with Crippen molar-refractivity contribution in [2.75, 3.05) is 21.3 Å². The summed E-state index contributed by atoms with van der Waals surface area (Å²) in [6.45, 7) is 0. The van der Waals surface area contributed by atoms with Gasteiger partial charge in [-0.05, 0) is 12.1 Å². The van der Waals surface area contributed by atoms with Crippen molar-refractivity contribution < 1.29 is 33.1 Å². The van der Waals surface area contributed by atoms with Gasteiger partial charge >= 0.3 is 20.7 Å². The van der Waals surface area contributed by atoms with Gasteiger partial charge in [-0.2, -0.15) is 0 Å². The number of carboxylic acid groups (broad SMARTS) is 2. The van der Waals surface area contributed by atoms with Crippen LogP contribution in [-0.2, 0) is 13.3 Å². The van der Waals surface area contributed by atoms with Gasteiger partial charge in [-0.25, -0.2) is 9.59 Å². The van der Waals surface area contributed by atoms with E-state index in [1.807, 2.05) is 0 Å². The van der Waals surface area contributed by atoms with Crippen molar-refractivity contribution in [1.82, 2.24) is 0 Å². The van der Waals surface area contributed by atoms with E-state index in [-0.39, 0.29) is 11.1 Å². The highest BCUT2D eigenvalue weighted by Crippen LogP contribution is 2.13. The summed E-state index contributed by atoms with van der Waals surface area (Å²) in [6.07, 6.45) is 0. The van der Waals surface area contributed by atoms with Crippen LogP contribution < -0.4 is 5.19 Å². The normalized spacial score (nSPS) is 11.3. The smallest absolute Gasteiger partial charge is 0.478 e. The first-order valence-electron chi connectivity index (χ1n) is 5.18. The van der Waals surface area contributed by atoms with Crippen molar-refractivity contribution >= 4 is 25.9 Å². The molecule has 0 heterocycles. The Balaban J connectivity index is 3.44. The Kier molecular flexibility index (Phi) is 4.78. The van der Waals surface area contributed by atoms with E-state index < -0.39 is 20.7 Å². The quantitative estimate of drug-likeness (QED) is 0.718. The molecule has 104 valence electrons. The fourth-order valence-electron chi connectivity index (χ4n) is 1.70. The molecule has 2 N–H and O–H groups in total. The fraction of sp³-hybridized carbons (Fsp3) is 0.273. The molecular formula is C11H14O7Si. The van der Waals surface area contributed by atoms with Gasteiger partial charge in [-0.3, -0.25) is 0 Å². The summed E-state index contributed by atoms with van der Waals surface area (Å²) in [5, 5.41) is 18.4. The zero-order valence-electron chi connectivity index (χ0n) is 10.7. The minimum Gasteiger partial charge on any atom is -0.478 e. The van der Waals surface area contributed by atoms with E-state index in [2.05, 4.69) is 0 Å². The molecule has 8 heteroatoms. The minimum absolute atomic E-state index is 0.303. The van der Waals surface area contributed by atoms with Gasteiger partial charge in [0, 0.05) is 26.5 Å². The second-order valence-electron chi connectivity index (χ2n) is 3.54. The molecule has 7 nitrogen and oxygen atoms in total. The standard InChI is InChI=1S/C11H14O7Si/c1-16-19(17-2,18-3)7-4-5-8(10(12)13)9(6-7)11(14)15/h4-6H,1-3H3,(H,12,13)(H,14,15). The lowest BCUT2D eigenvalue weighted by Gasteiger charge is -2.24. The topological polar surface area (TPSA) is 102 Å². The lowest BCUT2D eigenvalue weighted by atomic mass is 10.1. The highest BCUT2D eigenvalue weighted by molar-refractivity contribution is 6.75. The molecule has 0 amide bonds. The Morgan fingerprint density at radius 2 is 1.42 bits per heavy atom. The zero-order chi connectivity index (χ0) is 14.6. The molecule has 0 spiro atoms. The third kappa shape index (κ3) is 2.82. The highest BCUT2D eigenvalue weighted by atomic mass is 28.4. The van der Waals surface area contributed by atoms with E-state index in [0.29, 0.717) is 5.19 Å². The first kappa shape index (κ1) is 15.3. The summed E-state index contributed by atoms with van der Waals surface area (Å²) >= 11 is 0. The summed E-state index contributed by atoms with van der Waals surface area (Å²) in [5.41, 5.74) is -0.643. The molecular weight excluding hydrogens is 272 g/mol. The zero-order valence-corrected chi connectivity index (χ0v) is 11.7. The molecule has 0 aliphatic carbocycles. The SMILES string of the molecule is CO[Si](OC)(OC)c1ccc(C(=O)O)c(C(=O)O)c1. The second kappa shape index (κ2) is 5.93. The maximum atomic E-state index is 11.1. The molecule has 0 atom stereocenters. The van der Waals surface area contributed by atoms with Crippen LogP contribution in [0.25, 0.3) is 0 Å². The lowest BCUT2D eigenvalue weighted by molar-refractivity contribution is 0.0651. The Hall–Kier alpha value is -1.74. The predicted octanol–water partition coefficient (Wildman–Crippen LogP) is 0.168. The van der Waals surface area contributed by atoms with Crippen molar-refractivity contribution in [1.29, 1.82) is 0 Å². The average molecular weight is 286 g/mol. The van der Waals surface area contributed by atoms with Crippen LogP contribution in [-0.4, -0.2) is 52.3 Å². The third-order valence-corrected chi connectivity index (χ3v) is 5.27. The third-order valence-electron chi connectivity index (χ3n) is 2.64. The Morgan fingerprint density at radius 1 is 0.947 bits per heavy atom. The van der Waals surface area contributed by atoms with Crippen LogP contribution in [0.4, 0.5) is 0 Å². The Labute approximate surface area is 110 Å². The number of carbonyl (C=O) groups is 2. The number of hydrogen-bond donors (Lipinski definition) is 2. The molecule has 0 saturated heterocycles. The Morgan fingerprint density at radius 3 is 1.79 bits per heavy atom. The first-order valence-corrected chi connectivity index (χ1v) is 6.91. The van der Waals surface area contributed by atoms with Gasteiger partial charge in [0.2, 0.25) is 0 Å². The summed E-state index contributed by atoms with van der Waals surface area (Å²) in [7, 11) is 0.954. The number of benzene rings is 1. The predicted molar refractivity (Wildman–Crippen MR) is 66.8 cm³/mol. The minimum atomic E-state index is -3.18. The van der Waals surface area contributed by atoms with Crippen LogP contribution >= 0.6 is 0 Å². The molecule has 0 bridgehead atoms. The van der Waals surface area contributed by atoms with Crippen LogP contribution in [0.1, 0.15) is 20.7 Å². The molecule has 0 radical (unpaired) electrons. The van der Waals surface area contributed by atoms with Crippen molar-refractivity contribution in [2.24, 2.45) is 0 Å². The van der Waals surface area contributed by atoms with Gasteiger partial charge in [-0.1, -0.05) is 6.07 Å². The van der Waals surface area contributed by atoms with Gasteiger partial charge in [0.15, 0.2) is 0 Å². The van der Waals surface area contributed by atoms with Gasteiger partial charge in [0.05, 0.1) is 11.1 Å². The van der Waals surface area contributed by atoms with Gasteiger partial charge in [-0.15, -0.1) is 0 Å². The van der Waals surface area contributed by atoms with E-state index >= 15 is 0 Å². The van der Waals surface area contributed by atoms with Gasteiger partial charge in [0.25, 0.3) is 0 Å². The van der Waals surface area contributed by atoms with Crippen LogP contribution in [0.15, 0.2) is 18.2 Å².